The van der Waals surface area contributed by atoms with Crippen molar-refractivity contribution < 1.29 is 14.3 Å². The summed E-state index contributed by atoms with van der Waals surface area (Å²) in [6.45, 7) is 2.04. The van der Waals surface area contributed by atoms with Crippen molar-refractivity contribution in [3.05, 3.63) is 36.0 Å². The minimum atomic E-state index is -0.382. The van der Waals surface area contributed by atoms with Crippen LogP contribution in [0.3, 0.4) is 0 Å². The van der Waals surface area contributed by atoms with Crippen LogP contribution in [0.1, 0.15) is 38.2 Å². The van der Waals surface area contributed by atoms with Crippen LogP contribution in [0.4, 0.5) is 0 Å². The Morgan fingerprint density at radius 3 is 2.75 bits per heavy atom. The predicted octanol–water partition coefficient (Wildman–Crippen LogP) is 2.95. The number of hydrogen-bond acceptors (Lipinski definition) is 3. The molecule has 0 radical (unpaired) electrons. The number of aromatic amines is 1. The minimum Gasteiger partial charge on any atom is -0.455 e. The number of nitrogens with one attached hydrogen (secondary N) is 2. The fourth-order valence-electron chi connectivity index (χ4n) is 3.30. The zero-order chi connectivity index (χ0) is 16.9. The van der Waals surface area contributed by atoms with E-state index >= 15 is 0 Å². The monoisotopic (exact) mass is 328 g/mol. The highest BCUT2D eigenvalue weighted by Crippen LogP contribution is 2.23. The first-order valence-electron chi connectivity index (χ1n) is 8.62. The van der Waals surface area contributed by atoms with Gasteiger partial charge in [0.05, 0.1) is 6.42 Å². The number of para-hydroxylation sites is 1. The molecule has 0 atom stereocenters. The Kier molecular flexibility index (Phi) is 5.18. The Hall–Kier alpha value is -2.30. The minimum absolute atomic E-state index is 0.165. The summed E-state index contributed by atoms with van der Waals surface area (Å²) >= 11 is 0. The van der Waals surface area contributed by atoms with Crippen molar-refractivity contribution in [3.63, 3.8) is 0 Å². The summed E-state index contributed by atoms with van der Waals surface area (Å²) in [5.74, 6) is 0.154. The number of carbonyl (C=O) groups excluding carboxylic acids is 2. The number of H-pyrrole nitrogens is 1. The second-order valence-electron chi connectivity index (χ2n) is 6.72. The number of amides is 1. The molecule has 1 amide bonds. The number of ether oxygens (including phenoxy) is 1. The third kappa shape index (κ3) is 4.16. The average molecular weight is 328 g/mol. The molecule has 1 aliphatic carbocycles. The standard InChI is InChI=1S/C19H24N2O3/c1-13-6-8-15(9-7-13)21-18(22)12-24-19(23)10-14-11-20-17-5-3-2-4-16(14)17/h2-5,11,13,15,20H,6-10,12H2,1H3,(H,21,22). The molecule has 1 fully saturated rings. The largest absolute Gasteiger partial charge is 0.455 e. The Bertz CT molecular complexity index is 714. The molecule has 1 heterocycles. The van der Waals surface area contributed by atoms with Gasteiger partial charge in [-0.25, -0.2) is 0 Å². The molecule has 128 valence electrons. The van der Waals surface area contributed by atoms with Gasteiger partial charge in [0.15, 0.2) is 6.61 Å². The van der Waals surface area contributed by atoms with Gasteiger partial charge in [0.2, 0.25) is 0 Å². The van der Waals surface area contributed by atoms with E-state index in [2.05, 4.69) is 17.2 Å². The van der Waals surface area contributed by atoms with Gasteiger partial charge in [-0.3, -0.25) is 9.59 Å². The van der Waals surface area contributed by atoms with Gasteiger partial charge in [0.1, 0.15) is 0 Å². The third-order valence-electron chi connectivity index (χ3n) is 4.75. The first-order valence-corrected chi connectivity index (χ1v) is 8.62. The molecule has 0 unspecified atom stereocenters. The Balaban J connectivity index is 1.44. The Labute approximate surface area is 141 Å². The van der Waals surface area contributed by atoms with E-state index in [1.165, 1.54) is 0 Å². The molecule has 24 heavy (non-hydrogen) atoms. The van der Waals surface area contributed by atoms with Crippen molar-refractivity contribution >= 4 is 22.8 Å². The molecule has 1 aromatic carbocycles. The van der Waals surface area contributed by atoms with Gasteiger partial charge in [0, 0.05) is 23.1 Å². The van der Waals surface area contributed by atoms with Crippen molar-refractivity contribution in [2.45, 2.75) is 45.1 Å². The lowest BCUT2D eigenvalue weighted by molar-refractivity contribution is -0.148. The molecule has 5 nitrogen and oxygen atoms in total. The summed E-state index contributed by atoms with van der Waals surface area (Å²) in [5, 5.41) is 3.97. The molecule has 1 saturated carbocycles. The lowest BCUT2D eigenvalue weighted by Crippen LogP contribution is -2.39. The van der Waals surface area contributed by atoms with E-state index in [1.807, 2.05) is 30.5 Å². The van der Waals surface area contributed by atoms with Crippen molar-refractivity contribution in [2.24, 2.45) is 5.92 Å². The summed E-state index contributed by atoms with van der Waals surface area (Å²) in [5.41, 5.74) is 1.88. The summed E-state index contributed by atoms with van der Waals surface area (Å²) in [6, 6.07) is 8.02. The van der Waals surface area contributed by atoms with Crippen LogP contribution in [0.25, 0.3) is 10.9 Å². The van der Waals surface area contributed by atoms with E-state index < -0.39 is 0 Å². The third-order valence-corrected chi connectivity index (χ3v) is 4.75. The highest BCUT2D eigenvalue weighted by molar-refractivity contribution is 5.88. The van der Waals surface area contributed by atoms with Crippen LogP contribution in [0.2, 0.25) is 0 Å². The first-order chi connectivity index (χ1) is 11.6. The fourth-order valence-corrected chi connectivity index (χ4v) is 3.30. The van der Waals surface area contributed by atoms with Crippen molar-refractivity contribution in [2.75, 3.05) is 6.61 Å². The maximum absolute atomic E-state index is 12.0. The van der Waals surface area contributed by atoms with E-state index in [0.29, 0.717) is 0 Å². The van der Waals surface area contributed by atoms with Crippen LogP contribution in [0, 0.1) is 5.92 Å². The molecule has 2 aromatic rings. The summed E-state index contributed by atoms with van der Waals surface area (Å²) < 4.78 is 5.12. The van der Waals surface area contributed by atoms with Crippen molar-refractivity contribution in [1.82, 2.24) is 10.3 Å². The van der Waals surface area contributed by atoms with Gasteiger partial charge in [-0.2, -0.15) is 0 Å². The normalized spacial score (nSPS) is 20.7. The molecular weight excluding hydrogens is 304 g/mol. The van der Waals surface area contributed by atoms with E-state index in [0.717, 1.165) is 48.1 Å². The van der Waals surface area contributed by atoms with E-state index in [4.69, 9.17) is 4.74 Å². The van der Waals surface area contributed by atoms with Crippen LogP contribution in [0.15, 0.2) is 30.5 Å². The number of fused-ring (bicyclic) bond motifs is 1. The smallest absolute Gasteiger partial charge is 0.310 e. The van der Waals surface area contributed by atoms with Crippen molar-refractivity contribution in [3.8, 4) is 0 Å². The fraction of sp³-hybridized carbons (Fsp3) is 0.474. The molecule has 1 aromatic heterocycles. The van der Waals surface area contributed by atoms with Crippen LogP contribution < -0.4 is 5.32 Å². The number of rotatable bonds is 5. The van der Waals surface area contributed by atoms with Crippen LogP contribution in [-0.2, 0) is 20.7 Å². The number of esters is 1. The zero-order valence-electron chi connectivity index (χ0n) is 14.0. The number of benzene rings is 1. The lowest BCUT2D eigenvalue weighted by atomic mass is 9.87. The Morgan fingerprint density at radius 1 is 1.21 bits per heavy atom. The maximum Gasteiger partial charge on any atom is 0.310 e. The quantitative estimate of drug-likeness (QED) is 0.829. The second kappa shape index (κ2) is 7.51. The first kappa shape index (κ1) is 16.6. The number of carbonyl (C=O) groups is 2. The Morgan fingerprint density at radius 2 is 1.96 bits per heavy atom. The number of aromatic nitrogens is 1. The summed E-state index contributed by atoms with van der Waals surface area (Å²) in [6.07, 6.45) is 6.29. The van der Waals surface area contributed by atoms with Gasteiger partial charge in [-0.05, 0) is 43.2 Å². The molecule has 0 bridgehead atoms. The van der Waals surface area contributed by atoms with Crippen LogP contribution >= 0.6 is 0 Å². The van der Waals surface area contributed by atoms with Crippen LogP contribution in [0.5, 0.6) is 0 Å². The number of hydrogen-bond donors (Lipinski definition) is 2. The molecule has 5 heteroatoms. The van der Waals surface area contributed by atoms with Gasteiger partial charge < -0.3 is 15.0 Å². The van der Waals surface area contributed by atoms with Gasteiger partial charge >= 0.3 is 5.97 Å². The van der Waals surface area contributed by atoms with Crippen molar-refractivity contribution in [1.29, 1.82) is 0 Å². The van der Waals surface area contributed by atoms with Gasteiger partial charge in [-0.15, -0.1) is 0 Å². The molecule has 1 aliphatic rings. The topological polar surface area (TPSA) is 71.2 Å². The molecule has 2 N–H and O–H groups in total. The molecule has 0 spiro atoms. The lowest BCUT2D eigenvalue weighted by Gasteiger charge is -2.26. The molecular formula is C19H24N2O3. The van der Waals surface area contributed by atoms with Crippen LogP contribution in [-0.4, -0.2) is 29.5 Å². The summed E-state index contributed by atoms with van der Waals surface area (Å²) in [4.78, 5) is 27.0. The van der Waals surface area contributed by atoms with E-state index in [9.17, 15) is 9.59 Å². The van der Waals surface area contributed by atoms with E-state index in [-0.39, 0.29) is 30.9 Å². The SMILES string of the molecule is CC1CCC(NC(=O)COC(=O)Cc2c[nH]c3ccccc23)CC1. The maximum atomic E-state index is 12.0. The highest BCUT2D eigenvalue weighted by atomic mass is 16.5. The average Bonchev–Trinajstić information content (AvgIpc) is 2.98. The second-order valence-corrected chi connectivity index (χ2v) is 6.72. The molecule has 0 saturated heterocycles. The predicted molar refractivity (Wildman–Crippen MR) is 92.5 cm³/mol. The summed E-state index contributed by atoms with van der Waals surface area (Å²) in [7, 11) is 0. The molecule has 3 rings (SSSR count). The highest BCUT2D eigenvalue weighted by Gasteiger charge is 2.20. The van der Waals surface area contributed by atoms with E-state index in [1.54, 1.807) is 0 Å². The molecule has 0 aliphatic heterocycles. The van der Waals surface area contributed by atoms with Gasteiger partial charge in [-0.1, -0.05) is 25.1 Å². The van der Waals surface area contributed by atoms with Gasteiger partial charge in [0.25, 0.3) is 5.91 Å². The zero-order valence-corrected chi connectivity index (χ0v) is 14.0.